The summed E-state index contributed by atoms with van der Waals surface area (Å²) < 4.78 is 5.28. The van der Waals surface area contributed by atoms with Gasteiger partial charge in [-0.2, -0.15) is 12.6 Å². The number of para-hydroxylation sites is 1. The molecule has 0 saturated carbocycles. The Balaban J connectivity index is 2.37. The maximum absolute atomic E-state index is 13.5. The van der Waals surface area contributed by atoms with Gasteiger partial charge in [0.05, 0.1) is 0 Å². The van der Waals surface area contributed by atoms with Crippen LogP contribution in [0, 0.1) is 20.8 Å². The molecule has 0 aliphatic heterocycles. The van der Waals surface area contributed by atoms with Gasteiger partial charge >= 0.3 is 6.09 Å². The van der Waals surface area contributed by atoms with E-state index in [1.54, 1.807) is 27.8 Å². The molecule has 0 bridgehead atoms. The van der Waals surface area contributed by atoms with Crippen molar-refractivity contribution in [2.24, 2.45) is 0 Å². The summed E-state index contributed by atoms with van der Waals surface area (Å²) in [4.78, 5) is 40.5. The Morgan fingerprint density at radius 1 is 1.00 bits per heavy atom. The van der Waals surface area contributed by atoms with E-state index in [1.807, 2.05) is 63.2 Å². The zero-order valence-electron chi connectivity index (χ0n) is 20.9. The first-order chi connectivity index (χ1) is 15.8. The molecule has 2 atom stereocenters. The Kier molecular flexibility index (Phi) is 9.15. The lowest BCUT2D eigenvalue weighted by molar-refractivity contribution is -0.138. The van der Waals surface area contributed by atoms with E-state index in [0.717, 1.165) is 16.7 Å². The highest BCUT2D eigenvalue weighted by Crippen LogP contribution is 2.26. The van der Waals surface area contributed by atoms with Crippen molar-refractivity contribution >= 4 is 36.2 Å². The van der Waals surface area contributed by atoms with Crippen LogP contribution in [0.15, 0.2) is 42.5 Å². The van der Waals surface area contributed by atoms with Gasteiger partial charge in [0, 0.05) is 18.5 Å². The number of nitrogens with zero attached hydrogens (tertiary/aromatic N) is 1. The topological polar surface area (TPSA) is 87.7 Å². The molecule has 0 aliphatic rings. The smallest absolute Gasteiger partial charge is 0.408 e. The Morgan fingerprint density at radius 3 is 2.21 bits per heavy atom. The highest BCUT2D eigenvalue weighted by molar-refractivity contribution is 7.80. The highest BCUT2D eigenvalue weighted by atomic mass is 32.1. The lowest BCUT2D eigenvalue weighted by atomic mass is 9.98. The van der Waals surface area contributed by atoms with Crippen molar-refractivity contribution in [3.05, 3.63) is 64.7 Å². The van der Waals surface area contributed by atoms with Crippen LogP contribution < -0.4 is 10.6 Å². The standard InChI is InChI=1S/C26H35N3O4S/c1-16-12-13-19(14-18(16)3)22(23(30)27-20-11-9-8-10-17(20)2)29(7)24(31)21(15-34)28-25(32)33-26(4,5)6/h8-14,21-22,34H,15H2,1-7H3,(H,27,30)(H,28,32). The fourth-order valence-electron chi connectivity index (χ4n) is 3.41. The number of hydrogen-bond acceptors (Lipinski definition) is 5. The zero-order valence-corrected chi connectivity index (χ0v) is 21.8. The molecule has 184 valence electrons. The summed E-state index contributed by atoms with van der Waals surface area (Å²) in [5, 5.41) is 5.51. The van der Waals surface area contributed by atoms with Crippen molar-refractivity contribution in [1.82, 2.24) is 10.2 Å². The average Bonchev–Trinajstić information content (AvgIpc) is 2.74. The number of carbonyl (C=O) groups excluding carboxylic acids is 3. The van der Waals surface area contributed by atoms with Crippen LogP contribution in [0.4, 0.5) is 10.5 Å². The molecule has 0 spiro atoms. The van der Waals surface area contributed by atoms with E-state index < -0.39 is 29.7 Å². The van der Waals surface area contributed by atoms with E-state index in [-0.39, 0.29) is 11.7 Å². The first kappa shape index (κ1) is 27.2. The lowest BCUT2D eigenvalue weighted by Gasteiger charge is -2.31. The number of anilines is 1. The number of aryl methyl sites for hydroxylation is 3. The van der Waals surface area contributed by atoms with Crippen LogP contribution in [0.3, 0.4) is 0 Å². The minimum absolute atomic E-state index is 0.0431. The molecule has 0 heterocycles. The zero-order chi connectivity index (χ0) is 25.6. The second kappa shape index (κ2) is 11.4. The third-order valence-electron chi connectivity index (χ3n) is 5.40. The van der Waals surface area contributed by atoms with Crippen LogP contribution in [0.2, 0.25) is 0 Å². The van der Waals surface area contributed by atoms with E-state index in [2.05, 4.69) is 23.3 Å². The minimum Gasteiger partial charge on any atom is -0.444 e. The minimum atomic E-state index is -0.969. The van der Waals surface area contributed by atoms with Crippen molar-refractivity contribution < 1.29 is 19.1 Å². The summed E-state index contributed by atoms with van der Waals surface area (Å²) >= 11 is 4.25. The fraction of sp³-hybridized carbons (Fsp3) is 0.423. The average molecular weight is 486 g/mol. The summed E-state index contributed by atoms with van der Waals surface area (Å²) in [5.74, 6) is -0.769. The quantitative estimate of drug-likeness (QED) is 0.501. The van der Waals surface area contributed by atoms with Gasteiger partial charge in [-0.25, -0.2) is 4.79 Å². The SMILES string of the molecule is Cc1ccc(C(C(=O)Nc2ccccc2C)N(C)C(=O)C(CS)NC(=O)OC(C)(C)C)cc1C. The molecule has 8 heteroatoms. The van der Waals surface area contributed by atoms with Gasteiger partial charge in [-0.1, -0.05) is 36.4 Å². The largest absolute Gasteiger partial charge is 0.444 e. The Morgan fingerprint density at radius 2 is 1.65 bits per heavy atom. The molecule has 2 unspecified atom stereocenters. The van der Waals surface area contributed by atoms with Crippen molar-refractivity contribution in [3.8, 4) is 0 Å². The Bertz CT molecular complexity index is 1050. The molecule has 0 radical (unpaired) electrons. The number of rotatable bonds is 7. The third-order valence-corrected chi connectivity index (χ3v) is 5.77. The Labute approximate surface area is 207 Å². The molecule has 2 aromatic carbocycles. The summed E-state index contributed by atoms with van der Waals surface area (Å²) in [6.45, 7) is 11.1. The second-order valence-corrected chi connectivity index (χ2v) is 9.75. The predicted octanol–water partition coefficient (Wildman–Crippen LogP) is 4.57. The second-order valence-electron chi connectivity index (χ2n) is 9.38. The number of alkyl carbamates (subject to hydrolysis) is 1. The molecule has 2 aromatic rings. The summed E-state index contributed by atoms with van der Waals surface area (Å²) in [6.07, 6.45) is -0.722. The van der Waals surface area contributed by atoms with Crippen LogP contribution in [0.1, 0.15) is 49.1 Å². The number of likely N-dealkylation sites (N-methyl/N-ethyl adjacent to an activating group) is 1. The fourth-order valence-corrected chi connectivity index (χ4v) is 3.66. The third kappa shape index (κ3) is 7.25. The molecular formula is C26H35N3O4S. The molecule has 0 fully saturated rings. The van der Waals surface area contributed by atoms with Crippen LogP contribution >= 0.6 is 12.6 Å². The number of thiol groups is 1. The number of hydrogen-bond donors (Lipinski definition) is 3. The van der Waals surface area contributed by atoms with Gasteiger partial charge in [0.15, 0.2) is 0 Å². The van der Waals surface area contributed by atoms with Gasteiger partial charge in [-0.05, 0) is 69.9 Å². The van der Waals surface area contributed by atoms with E-state index in [4.69, 9.17) is 4.74 Å². The van der Waals surface area contributed by atoms with E-state index >= 15 is 0 Å². The summed E-state index contributed by atoms with van der Waals surface area (Å²) in [7, 11) is 1.55. The van der Waals surface area contributed by atoms with Gasteiger partial charge in [0.2, 0.25) is 5.91 Å². The number of benzene rings is 2. The maximum Gasteiger partial charge on any atom is 0.408 e. The van der Waals surface area contributed by atoms with Gasteiger partial charge in [0.1, 0.15) is 17.7 Å². The molecule has 34 heavy (non-hydrogen) atoms. The molecular weight excluding hydrogens is 450 g/mol. The molecule has 3 amide bonds. The van der Waals surface area contributed by atoms with Gasteiger partial charge in [-0.3, -0.25) is 9.59 Å². The maximum atomic E-state index is 13.5. The van der Waals surface area contributed by atoms with E-state index in [1.165, 1.54) is 4.90 Å². The number of ether oxygens (including phenoxy) is 1. The van der Waals surface area contributed by atoms with Crippen LogP contribution in [-0.4, -0.2) is 47.3 Å². The van der Waals surface area contributed by atoms with Crippen molar-refractivity contribution in [1.29, 1.82) is 0 Å². The van der Waals surface area contributed by atoms with Gasteiger partial charge in [0.25, 0.3) is 5.91 Å². The highest BCUT2D eigenvalue weighted by Gasteiger charge is 2.34. The first-order valence-electron chi connectivity index (χ1n) is 11.1. The number of amides is 3. The first-order valence-corrected chi connectivity index (χ1v) is 11.8. The van der Waals surface area contributed by atoms with Crippen molar-refractivity contribution in [2.45, 2.75) is 59.2 Å². The normalized spacial score (nSPS) is 12.9. The Hall–Kier alpha value is -3.00. The summed E-state index contributed by atoms with van der Waals surface area (Å²) in [5.41, 5.74) is 3.61. The van der Waals surface area contributed by atoms with Crippen molar-refractivity contribution in [3.63, 3.8) is 0 Å². The monoisotopic (exact) mass is 485 g/mol. The number of nitrogens with one attached hydrogen (secondary N) is 2. The van der Waals surface area contributed by atoms with Crippen molar-refractivity contribution in [2.75, 3.05) is 18.1 Å². The number of carbonyl (C=O) groups is 3. The van der Waals surface area contributed by atoms with Gasteiger partial charge < -0.3 is 20.3 Å². The molecule has 0 aromatic heterocycles. The molecule has 0 saturated heterocycles. The molecule has 2 N–H and O–H groups in total. The van der Waals surface area contributed by atoms with E-state index in [0.29, 0.717) is 11.3 Å². The molecule has 7 nitrogen and oxygen atoms in total. The molecule has 0 aliphatic carbocycles. The predicted molar refractivity (Wildman–Crippen MR) is 138 cm³/mol. The van der Waals surface area contributed by atoms with Crippen LogP contribution in [0.5, 0.6) is 0 Å². The lowest BCUT2D eigenvalue weighted by Crippen LogP contribution is -2.52. The van der Waals surface area contributed by atoms with E-state index in [9.17, 15) is 14.4 Å². The van der Waals surface area contributed by atoms with Crippen LogP contribution in [0.25, 0.3) is 0 Å². The van der Waals surface area contributed by atoms with Gasteiger partial charge in [-0.15, -0.1) is 0 Å². The summed E-state index contributed by atoms with van der Waals surface area (Å²) in [6, 6.07) is 11.2. The molecule has 2 rings (SSSR count). The van der Waals surface area contributed by atoms with Crippen LogP contribution in [-0.2, 0) is 14.3 Å².